The maximum absolute atomic E-state index is 9.47. The lowest BCUT2D eigenvalue weighted by atomic mass is 9.84. The zero-order valence-electron chi connectivity index (χ0n) is 37.3. The van der Waals surface area contributed by atoms with Gasteiger partial charge in [-0.25, -0.2) is 0 Å². The number of fused-ring (bicyclic) bond motifs is 4. The van der Waals surface area contributed by atoms with Gasteiger partial charge in [0.1, 0.15) is 0 Å². The van der Waals surface area contributed by atoms with Crippen LogP contribution in [0.4, 0.5) is 17.1 Å². The predicted octanol–water partition coefficient (Wildman–Crippen LogP) is 17.0. The molecule has 0 unspecified atom stereocenters. The van der Waals surface area contributed by atoms with Crippen molar-refractivity contribution in [2.24, 2.45) is 0 Å². The number of benzene rings is 11. The van der Waals surface area contributed by atoms with E-state index in [2.05, 4.69) is 164 Å². The summed E-state index contributed by atoms with van der Waals surface area (Å²) in [4.78, 5) is 1.86. The first-order valence-electron chi connectivity index (χ1n) is 22.7. The zero-order valence-corrected chi connectivity index (χ0v) is 33.3. The van der Waals surface area contributed by atoms with Gasteiger partial charge in [-0.3, -0.25) is 0 Å². The van der Waals surface area contributed by atoms with Crippen molar-refractivity contribution in [1.29, 1.82) is 0 Å². The van der Waals surface area contributed by atoms with Crippen molar-refractivity contribution >= 4 is 49.4 Å². The Balaban J connectivity index is 1.07. The van der Waals surface area contributed by atoms with Gasteiger partial charge in [0.15, 0.2) is 0 Å². The first-order chi connectivity index (χ1) is 31.9. The van der Waals surface area contributed by atoms with Gasteiger partial charge in [-0.05, 0) is 130 Å². The highest BCUT2D eigenvalue weighted by Gasteiger charge is 2.19. The number of hydrogen-bond acceptors (Lipinski definition) is 1. The molecule has 0 bridgehead atoms. The van der Waals surface area contributed by atoms with E-state index in [0.717, 1.165) is 49.5 Å². The maximum atomic E-state index is 9.47. The molecule has 0 N–H and O–H groups in total. The minimum atomic E-state index is -0.114. The van der Waals surface area contributed by atoms with E-state index in [4.69, 9.17) is 0 Å². The molecule has 0 radical (unpaired) electrons. The third kappa shape index (κ3) is 6.73. The van der Waals surface area contributed by atoms with Gasteiger partial charge in [-0.15, -0.1) is 0 Å². The lowest BCUT2D eigenvalue weighted by Gasteiger charge is -2.26. The number of rotatable bonds is 8. The molecular weight excluding hydrogens is 735 g/mol. The molecule has 0 amide bonds. The molecule has 0 aliphatic rings. The van der Waals surface area contributed by atoms with Gasteiger partial charge in [0.05, 0.1) is 5.48 Å². The molecule has 0 aromatic heterocycles. The molecule has 11 aromatic carbocycles. The number of anilines is 3. The SMILES string of the molecule is [2H]c1c([2H])c(N(c2ccc(-c3ccc4c(c3)c(-c3ccccc3)c(-c3ccccc3)c3ccccc34)cc2)c2ccc(-c3cccc4ccccc34)cc2)c([2H])c([2H])c1-c1ccccc1. The fourth-order valence-electron chi connectivity index (χ4n) is 8.82. The van der Waals surface area contributed by atoms with Crippen molar-refractivity contribution in [2.45, 2.75) is 0 Å². The largest absolute Gasteiger partial charge is 0.311 e. The normalized spacial score (nSPS) is 12.2. The predicted molar refractivity (Wildman–Crippen MR) is 261 cm³/mol. The van der Waals surface area contributed by atoms with Crippen molar-refractivity contribution in [3.05, 3.63) is 249 Å². The van der Waals surface area contributed by atoms with Gasteiger partial charge >= 0.3 is 0 Å². The van der Waals surface area contributed by atoms with Crippen molar-refractivity contribution < 1.29 is 5.48 Å². The van der Waals surface area contributed by atoms with Crippen molar-refractivity contribution in [3.63, 3.8) is 0 Å². The summed E-state index contributed by atoms with van der Waals surface area (Å²) in [5, 5.41) is 7.05. The van der Waals surface area contributed by atoms with E-state index >= 15 is 0 Å². The molecule has 61 heavy (non-hydrogen) atoms. The van der Waals surface area contributed by atoms with Crippen LogP contribution in [0, 0.1) is 0 Å². The average Bonchev–Trinajstić information content (AvgIpc) is 3.37. The molecule has 0 saturated carbocycles. The second-order valence-corrected chi connectivity index (χ2v) is 15.3. The van der Waals surface area contributed by atoms with Gasteiger partial charge in [0.25, 0.3) is 0 Å². The Morgan fingerprint density at radius 3 is 1.36 bits per heavy atom. The van der Waals surface area contributed by atoms with Gasteiger partial charge in [-0.1, -0.05) is 206 Å². The summed E-state index contributed by atoms with van der Waals surface area (Å²) in [6.45, 7) is 0. The Hall–Kier alpha value is -8.00. The van der Waals surface area contributed by atoms with Crippen molar-refractivity contribution in [2.75, 3.05) is 4.90 Å². The summed E-state index contributed by atoms with van der Waals surface area (Å²) < 4.78 is 37.4. The van der Waals surface area contributed by atoms with Crippen LogP contribution in [0.3, 0.4) is 0 Å². The third-order valence-electron chi connectivity index (χ3n) is 11.7. The van der Waals surface area contributed by atoms with E-state index in [1.54, 1.807) is 0 Å². The van der Waals surface area contributed by atoms with Crippen molar-refractivity contribution in [1.82, 2.24) is 0 Å². The molecule has 0 atom stereocenters. The number of nitrogens with zero attached hydrogens (tertiary/aromatic N) is 1. The summed E-state index contributed by atoms with van der Waals surface area (Å²) in [5.74, 6) is 0. The van der Waals surface area contributed by atoms with Crippen LogP contribution in [0.15, 0.2) is 249 Å². The standard InChI is InChI=1S/C60H41N/c1-4-15-42(16-5-1)43-27-34-50(35-28-43)61(52-38-31-46(32-39-52)54-26-14-22-45-17-10-11-23-53(45)54)51-36-29-44(30-37-51)49-33-40-56-55-24-12-13-25-57(55)59(47-18-6-2-7-19-47)60(58(56)41-49)48-20-8-3-9-21-48/h1-41H/i27D,28D,34D,35D. The highest BCUT2D eigenvalue weighted by Crippen LogP contribution is 2.46. The highest BCUT2D eigenvalue weighted by molar-refractivity contribution is 6.22. The summed E-state index contributed by atoms with van der Waals surface area (Å²) >= 11 is 0. The first-order valence-corrected chi connectivity index (χ1v) is 20.7. The molecule has 0 spiro atoms. The monoisotopic (exact) mass is 779 g/mol. The fraction of sp³-hybridized carbons (Fsp3) is 0. The third-order valence-corrected chi connectivity index (χ3v) is 11.7. The lowest BCUT2D eigenvalue weighted by Crippen LogP contribution is -2.09. The molecule has 0 saturated heterocycles. The van der Waals surface area contributed by atoms with Crippen LogP contribution in [0.25, 0.3) is 88.0 Å². The molecule has 0 aliphatic carbocycles. The molecule has 0 fully saturated rings. The van der Waals surface area contributed by atoms with E-state index in [-0.39, 0.29) is 35.4 Å². The minimum absolute atomic E-state index is 0.0889. The van der Waals surface area contributed by atoms with Gasteiger partial charge in [0.2, 0.25) is 0 Å². The van der Waals surface area contributed by atoms with E-state index in [1.165, 1.54) is 27.3 Å². The molecule has 1 heteroatoms. The molecule has 11 rings (SSSR count). The van der Waals surface area contributed by atoms with Crippen LogP contribution in [-0.4, -0.2) is 0 Å². The average molecular weight is 780 g/mol. The Bertz CT molecular complexity index is 3520. The fourth-order valence-corrected chi connectivity index (χ4v) is 8.82. The van der Waals surface area contributed by atoms with Crippen LogP contribution >= 0.6 is 0 Å². The van der Waals surface area contributed by atoms with Crippen LogP contribution in [0.1, 0.15) is 5.48 Å². The van der Waals surface area contributed by atoms with Gasteiger partial charge in [-0.2, -0.15) is 0 Å². The van der Waals surface area contributed by atoms with Crippen LogP contribution < -0.4 is 4.90 Å². The molecule has 1 nitrogen and oxygen atoms in total. The quantitative estimate of drug-likeness (QED) is 0.139. The smallest absolute Gasteiger partial charge is 0.0645 e. The Morgan fingerprint density at radius 2 is 0.721 bits per heavy atom. The first kappa shape index (κ1) is 31.9. The van der Waals surface area contributed by atoms with Crippen LogP contribution in [-0.2, 0) is 0 Å². The van der Waals surface area contributed by atoms with E-state index in [1.807, 2.05) is 65.6 Å². The minimum Gasteiger partial charge on any atom is -0.311 e. The summed E-state index contributed by atoms with van der Waals surface area (Å²) in [6, 6.07) is 76.6. The van der Waals surface area contributed by atoms with Crippen LogP contribution in [0.2, 0.25) is 0 Å². The highest BCUT2D eigenvalue weighted by atomic mass is 15.1. The zero-order chi connectivity index (χ0) is 44.0. The topological polar surface area (TPSA) is 3.24 Å². The second-order valence-electron chi connectivity index (χ2n) is 15.3. The van der Waals surface area contributed by atoms with Crippen molar-refractivity contribution in [3.8, 4) is 55.6 Å². The molecule has 0 aliphatic heterocycles. The Kier molecular flexibility index (Phi) is 8.18. The Labute approximate surface area is 362 Å². The summed E-state index contributed by atoms with van der Waals surface area (Å²) in [5.41, 5.74) is 11.4. The second kappa shape index (κ2) is 15.6. The van der Waals surface area contributed by atoms with E-state index < -0.39 is 0 Å². The van der Waals surface area contributed by atoms with E-state index in [9.17, 15) is 5.48 Å². The molecule has 0 heterocycles. The molecular formula is C60H41N. The molecule has 286 valence electrons. The van der Waals surface area contributed by atoms with Crippen LogP contribution in [0.5, 0.6) is 0 Å². The summed E-state index contributed by atoms with van der Waals surface area (Å²) in [6.07, 6.45) is 0. The Morgan fingerprint density at radius 1 is 0.262 bits per heavy atom. The molecule has 11 aromatic rings. The van der Waals surface area contributed by atoms with E-state index in [0.29, 0.717) is 16.9 Å². The number of hydrogen-bond donors (Lipinski definition) is 0. The summed E-state index contributed by atoms with van der Waals surface area (Å²) in [7, 11) is 0. The lowest BCUT2D eigenvalue weighted by molar-refractivity contribution is 1.28. The van der Waals surface area contributed by atoms with Gasteiger partial charge in [0, 0.05) is 17.1 Å². The maximum Gasteiger partial charge on any atom is 0.0645 e. The van der Waals surface area contributed by atoms with Gasteiger partial charge < -0.3 is 4.90 Å².